The second-order valence-corrected chi connectivity index (χ2v) is 5.55. The van der Waals surface area contributed by atoms with Gasteiger partial charge in [-0.3, -0.25) is 4.31 Å². The average Bonchev–Trinajstić information content (AvgIpc) is 2.26. The Bertz CT molecular complexity index is 417. The number of rotatable bonds is 5. The van der Waals surface area contributed by atoms with E-state index >= 15 is 0 Å². The van der Waals surface area contributed by atoms with Crippen LogP contribution in [0.3, 0.4) is 0 Å². The summed E-state index contributed by atoms with van der Waals surface area (Å²) in [5.41, 5.74) is 6.07. The van der Waals surface area contributed by atoms with Crippen LogP contribution in [0.25, 0.3) is 0 Å². The first kappa shape index (κ1) is 13.0. The zero-order valence-electron chi connectivity index (χ0n) is 9.50. The molecule has 0 fully saturated rings. The predicted octanol–water partition coefficient (Wildman–Crippen LogP) is 0.258. The molecule has 0 bridgehead atoms. The third-order valence-electron chi connectivity index (χ3n) is 2.12. The number of hydrogen-bond acceptors (Lipinski definition) is 3. The van der Waals surface area contributed by atoms with Crippen molar-refractivity contribution >= 4 is 15.9 Å². The van der Waals surface area contributed by atoms with E-state index in [9.17, 15) is 8.42 Å². The summed E-state index contributed by atoms with van der Waals surface area (Å²) in [4.78, 5) is 0. The van der Waals surface area contributed by atoms with E-state index in [4.69, 9.17) is 5.73 Å². The van der Waals surface area contributed by atoms with Crippen LogP contribution in [-0.4, -0.2) is 39.9 Å². The molecular formula is C10H17N3O2S. The molecule has 0 unspecified atom stereocenters. The average molecular weight is 243 g/mol. The highest BCUT2D eigenvalue weighted by Crippen LogP contribution is 2.17. The van der Waals surface area contributed by atoms with Gasteiger partial charge in [-0.15, -0.1) is 0 Å². The number of benzene rings is 1. The maximum Gasteiger partial charge on any atom is 0.303 e. The van der Waals surface area contributed by atoms with E-state index < -0.39 is 10.2 Å². The van der Waals surface area contributed by atoms with Gasteiger partial charge in [-0.2, -0.15) is 12.7 Å². The van der Waals surface area contributed by atoms with Crippen molar-refractivity contribution in [3.05, 3.63) is 30.3 Å². The van der Waals surface area contributed by atoms with Crippen LogP contribution >= 0.6 is 0 Å². The quantitative estimate of drug-likeness (QED) is 0.806. The number of nitrogens with two attached hydrogens (primary N) is 1. The minimum absolute atomic E-state index is 0.268. The molecule has 0 saturated carbocycles. The van der Waals surface area contributed by atoms with Crippen LogP contribution in [0.5, 0.6) is 0 Å². The lowest BCUT2D eigenvalue weighted by Gasteiger charge is -2.26. The van der Waals surface area contributed by atoms with Gasteiger partial charge in [0.2, 0.25) is 0 Å². The van der Waals surface area contributed by atoms with E-state index in [1.165, 1.54) is 22.7 Å². The molecule has 1 aromatic rings. The Morgan fingerprint density at radius 2 is 1.75 bits per heavy atom. The standard InChI is InChI=1S/C10H17N3O2S/c1-12(2)16(14,15)13(9-8-11)10-6-4-3-5-7-10/h3-7H,8-9,11H2,1-2H3. The fourth-order valence-corrected chi connectivity index (χ4v) is 2.40. The van der Waals surface area contributed by atoms with Crippen molar-refractivity contribution in [2.24, 2.45) is 5.73 Å². The molecule has 0 aromatic heterocycles. The lowest BCUT2D eigenvalue weighted by Crippen LogP contribution is -2.42. The lowest BCUT2D eigenvalue weighted by molar-refractivity contribution is 0.515. The smallest absolute Gasteiger partial charge is 0.303 e. The highest BCUT2D eigenvalue weighted by Gasteiger charge is 2.23. The van der Waals surface area contributed by atoms with Gasteiger partial charge in [0.1, 0.15) is 0 Å². The van der Waals surface area contributed by atoms with Crippen molar-refractivity contribution in [2.75, 3.05) is 31.5 Å². The van der Waals surface area contributed by atoms with E-state index in [2.05, 4.69) is 0 Å². The minimum Gasteiger partial charge on any atom is -0.329 e. The molecule has 0 atom stereocenters. The molecule has 90 valence electrons. The Morgan fingerprint density at radius 3 is 2.19 bits per heavy atom. The van der Waals surface area contributed by atoms with Crippen molar-refractivity contribution < 1.29 is 8.42 Å². The van der Waals surface area contributed by atoms with Crippen molar-refractivity contribution in [1.29, 1.82) is 0 Å². The summed E-state index contributed by atoms with van der Waals surface area (Å²) >= 11 is 0. The Hall–Kier alpha value is -1.11. The molecule has 0 aliphatic heterocycles. The normalized spacial score (nSPS) is 11.8. The second-order valence-electron chi connectivity index (χ2n) is 3.49. The van der Waals surface area contributed by atoms with E-state index in [1.54, 1.807) is 24.3 Å². The molecule has 1 aromatic carbocycles. The first-order chi connectivity index (χ1) is 7.50. The summed E-state index contributed by atoms with van der Waals surface area (Å²) in [7, 11) is -0.464. The molecular weight excluding hydrogens is 226 g/mol. The number of para-hydroxylation sites is 1. The monoisotopic (exact) mass is 243 g/mol. The van der Waals surface area contributed by atoms with Gasteiger partial charge >= 0.3 is 10.2 Å². The van der Waals surface area contributed by atoms with E-state index in [0.29, 0.717) is 5.69 Å². The van der Waals surface area contributed by atoms with Gasteiger partial charge in [0.15, 0.2) is 0 Å². The fourth-order valence-electron chi connectivity index (χ4n) is 1.29. The Morgan fingerprint density at radius 1 is 1.19 bits per heavy atom. The third kappa shape index (κ3) is 2.72. The molecule has 0 heterocycles. The third-order valence-corrected chi connectivity index (χ3v) is 3.99. The molecule has 16 heavy (non-hydrogen) atoms. The van der Waals surface area contributed by atoms with Gasteiger partial charge in [0, 0.05) is 27.2 Å². The first-order valence-corrected chi connectivity index (χ1v) is 6.35. The molecule has 0 aliphatic carbocycles. The van der Waals surface area contributed by atoms with Crippen molar-refractivity contribution in [3.63, 3.8) is 0 Å². The summed E-state index contributed by atoms with van der Waals surface area (Å²) in [6.45, 7) is 0.548. The zero-order valence-corrected chi connectivity index (χ0v) is 10.3. The van der Waals surface area contributed by atoms with Gasteiger partial charge in [-0.1, -0.05) is 18.2 Å². The van der Waals surface area contributed by atoms with Crippen LogP contribution in [-0.2, 0) is 10.2 Å². The first-order valence-electron chi connectivity index (χ1n) is 4.95. The van der Waals surface area contributed by atoms with Gasteiger partial charge in [0.25, 0.3) is 0 Å². The Kier molecular flexibility index (Phi) is 4.28. The number of hydrogen-bond donors (Lipinski definition) is 1. The molecule has 6 heteroatoms. The summed E-state index contributed by atoms with van der Waals surface area (Å²) < 4.78 is 26.5. The van der Waals surface area contributed by atoms with Gasteiger partial charge in [0.05, 0.1) is 5.69 Å². The van der Waals surface area contributed by atoms with Crippen LogP contribution < -0.4 is 10.0 Å². The molecule has 0 aliphatic rings. The summed E-state index contributed by atoms with van der Waals surface area (Å²) in [5.74, 6) is 0. The molecule has 0 spiro atoms. The van der Waals surface area contributed by atoms with Crippen LogP contribution in [0.4, 0.5) is 5.69 Å². The summed E-state index contributed by atoms with van der Waals surface area (Å²) in [5, 5.41) is 0. The van der Waals surface area contributed by atoms with Crippen LogP contribution in [0.15, 0.2) is 30.3 Å². The van der Waals surface area contributed by atoms with E-state index in [-0.39, 0.29) is 13.1 Å². The maximum atomic E-state index is 12.0. The fraction of sp³-hybridized carbons (Fsp3) is 0.400. The minimum atomic E-state index is -3.47. The molecule has 0 amide bonds. The Labute approximate surface area is 96.6 Å². The summed E-state index contributed by atoms with van der Waals surface area (Å²) in [6, 6.07) is 8.92. The SMILES string of the molecule is CN(C)S(=O)(=O)N(CCN)c1ccccc1. The molecule has 0 saturated heterocycles. The maximum absolute atomic E-state index is 12.0. The van der Waals surface area contributed by atoms with Gasteiger partial charge in [-0.05, 0) is 12.1 Å². The van der Waals surface area contributed by atoms with Crippen LogP contribution in [0, 0.1) is 0 Å². The van der Waals surface area contributed by atoms with Crippen LogP contribution in [0.1, 0.15) is 0 Å². The van der Waals surface area contributed by atoms with Crippen LogP contribution in [0.2, 0.25) is 0 Å². The molecule has 2 N–H and O–H groups in total. The Balaban J connectivity index is 3.11. The zero-order chi connectivity index (χ0) is 12.2. The second kappa shape index (κ2) is 5.29. The number of nitrogens with zero attached hydrogens (tertiary/aromatic N) is 2. The van der Waals surface area contributed by atoms with Crippen molar-refractivity contribution in [2.45, 2.75) is 0 Å². The number of anilines is 1. The lowest BCUT2D eigenvalue weighted by atomic mass is 10.3. The predicted molar refractivity (Wildman–Crippen MR) is 65.4 cm³/mol. The molecule has 0 radical (unpaired) electrons. The molecule has 5 nitrogen and oxygen atoms in total. The topological polar surface area (TPSA) is 66.6 Å². The summed E-state index contributed by atoms with van der Waals surface area (Å²) in [6.07, 6.45) is 0. The van der Waals surface area contributed by atoms with Crippen molar-refractivity contribution in [1.82, 2.24) is 4.31 Å². The van der Waals surface area contributed by atoms with E-state index in [1.807, 2.05) is 6.07 Å². The van der Waals surface area contributed by atoms with Gasteiger partial charge < -0.3 is 5.73 Å². The van der Waals surface area contributed by atoms with Crippen molar-refractivity contribution in [3.8, 4) is 0 Å². The largest absolute Gasteiger partial charge is 0.329 e. The van der Waals surface area contributed by atoms with Gasteiger partial charge in [-0.25, -0.2) is 0 Å². The molecule has 1 rings (SSSR count). The highest BCUT2D eigenvalue weighted by molar-refractivity contribution is 7.90. The van der Waals surface area contributed by atoms with E-state index in [0.717, 1.165) is 0 Å². The highest BCUT2D eigenvalue weighted by atomic mass is 32.2.